The van der Waals surface area contributed by atoms with Crippen molar-refractivity contribution in [2.75, 3.05) is 20.8 Å². The second-order valence-electron chi connectivity index (χ2n) is 4.58. The van der Waals surface area contributed by atoms with Gasteiger partial charge in [-0.05, 0) is 48.4 Å². The zero-order valence-corrected chi connectivity index (χ0v) is 13.1. The zero-order chi connectivity index (χ0) is 15.1. The highest BCUT2D eigenvalue weighted by atomic mass is 32.1. The summed E-state index contributed by atoms with van der Waals surface area (Å²) in [6.07, 6.45) is 0.917. The topological polar surface area (TPSA) is 30.5 Å². The molecule has 0 aromatic heterocycles. The van der Waals surface area contributed by atoms with Crippen LogP contribution >= 0.6 is 12.2 Å². The Balaban J connectivity index is 1.82. The molecule has 0 aliphatic carbocycles. The van der Waals surface area contributed by atoms with Gasteiger partial charge in [0.2, 0.25) is 0 Å². The number of hydrogen-bond acceptors (Lipinski definition) is 3. The maximum absolute atomic E-state index is 5.38. The molecule has 0 fully saturated rings. The first-order valence-electron chi connectivity index (χ1n) is 6.78. The lowest BCUT2D eigenvalue weighted by atomic mass is 10.1. The minimum Gasteiger partial charge on any atom is -0.497 e. The highest BCUT2D eigenvalue weighted by Gasteiger charge is 2.01. The number of thiocarbonyl (C=S) groups is 1. The van der Waals surface area contributed by atoms with Crippen LogP contribution in [0.3, 0.4) is 0 Å². The van der Waals surface area contributed by atoms with Crippen molar-refractivity contribution in [2.24, 2.45) is 0 Å². The Bertz CT molecular complexity index is 579. The van der Waals surface area contributed by atoms with Gasteiger partial charge in [-0.3, -0.25) is 0 Å². The van der Waals surface area contributed by atoms with Gasteiger partial charge in [0.1, 0.15) is 16.5 Å². The summed E-state index contributed by atoms with van der Waals surface area (Å²) in [6.45, 7) is 0.803. The predicted molar refractivity (Wildman–Crippen MR) is 89.4 cm³/mol. The summed E-state index contributed by atoms with van der Waals surface area (Å²) in [5, 5.41) is 3.27. The molecule has 2 rings (SSSR count). The lowest BCUT2D eigenvalue weighted by Crippen LogP contribution is -2.24. The summed E-state index contributed by atoms with van der Waals surface area (Å²) >= 11 is 5.38. The van der Waals surface area contributed by atoms with Crippen LogP contribution in [0, 0.1) is 0 Å². The van der Waals surface area contributed by atoms with Crippen molar-refractivity contribution in [2.45, 2.75) is 6.42 Å². The number of rotatable bonds is 6. The van der Waals surface area contributed by atoms with Crippen LogP contribution in [0.25, 0.3) is 0 Å². The number of nitrogens with one attached hydrogen (secondary N) is 1. The van der Waals surface area contributed by atoms with Crippen LogP contribution in [0.2, 0.25) is 0 Å². The maximum Gasteiger partial charge on any atom is 0.118 e. The van der Waals surface area contributed by atoms with Crippen LogP contribution in [-0.4, -0.2) is 25.8 Å². The lowest BCUT2D eigenvalue weighted by molar-refractivity contribution is 0.414. The molecule has 0 radical (unpaired) electrons. The minimum absolute atomic E-state index is 0.756. The fourth-order valence-electron chi connectivity index (χ4n) is 1.96. The third-order valence-corrected chi connectivity index (χ3v) is 3.59. The van der Waals surface area contributed by atoms with E-state index in [2.05, 4.69) is 17.4 Å². The van der Waals surface area contributed by atoms with Gasteiger partial charge >= 0.3 is 0 Å². The van der Waals surface area contributed by atoms with Crippen LogP contribution < -0.4 is 14.8 Å². The van der Waals surface area contributed by atoms with Crippen molar-refractivity contribution in [3.63, 3.8) is 0 Å². The van der Waals surface area contributed by atoms with E-state index in [4.69, 9.17) is 21.7 Å². The molecule has 0 bridgehead atoms. The number of hydrogen-bond donors (Lipinski definition) is 1. The Labute approximate surface area is 130 Å². The smallest absolute Gasteiger partial charge is 0.118 e. The molecule has 3 nitrogen and oxygen atoms in total. The molecule has 110 valence electrons. The van der Waals surface area contributed by atoms with Crippen molar-refractivity contribution < 1.29 is 9.47 Å². The molecule has 0 atom stereocenters. The summed E-state index contributed by atoms with van der Waals surface area (Å²) in [5.74, 6) is 1.71. The molecule has 0 heterocycles. The first-order chi connectivity index (χ1) is 10.2. The van der Waals surface area contributed by atoms with Gasteiger partial charge in [0.15, 0.2) is 0 Å². The van der Waals surface area contributed by atoms with Gasteiger partial charge in [0.05, 0.1) is 14.2 Å². The van der Waals surface area contributed by atoms with Gasteiger partial charge < -0.3 is 14.8 Å². The van der Waals surface area contributed by atoms with Gasteiger partial charge in [-0.1, -0.05) is 24.4 Å². The van der Waals surface area contributed by atoms with Gasteiger partial charge in [-0.2, -0.15) is 0 Å². The van der Waals surface area contributed by atoms with Crippen molar-refractivity contribution in [1.82, 2.24) is 5.32 Å². The monoisotopic (exact) mass is 301 g/mol. The normalized spacial score (nSPS) is 10.0. The molecule has 0 spiro atoms. The van der Waals surface area contributed by atoms with Gasteiger partial charge in [0.25, 0.3) is 0 Å². The zero-order valence-electron chi connectivity index (χ0n) is 12.3. The number of benzene rings is 2. The molecule has 0 aliphatic rings. The van der Waals surface area contributed by atoms with Crippen LogP contribution in [0.1, 0.15) is 11.1 Å². The summed E-state index contributed by atoms with van der Waals surface area (Å²) in [7, 11) is 3.32. The molecule has 0 saturated heterocycles. The number of methoxy groups -OCH3 is 2. The van der Waals surface area contributed by atoms with E-state index in [0.717, 1.165) is 35.0 Å². The Morgan fingerprint density at radius 3 is 1.95 bits per heavy atom. The molecule has 21 heavy (non-hydrogen) atoms. The average Bonchev–Trinajstić information content (AvgIpc) is 2.55. The SMILES string of the molecule is COc1ccc(CCNC(=S)c2ccc(OC)cc2)cc1. The first kappa shape index (κ1) is 15.3. The molecule has 0 unspecified atom stereocenters. The van der Waals surface area contributed by atoms with E-state index < -0.39 is 0 Å². The Kier molecular flexibility index (Phi) is 5.58. The van der Waals surface area contributed by atoms with E-state index in [9.17, 15) is 0 Å². The third kappa shape index (κ3) is 4.46. The van der Waals surface area contributed by atoms with E-state index >= 15 is 0 Å². The Morgan fingerprint density at radius 2 is 1.43 bits per heavy atom. The molecular weight excluding hydrogens is 282 g/mol. The fraction of sp³-hybridized carbons (Fsp3) is 0.235. The van der Waals surface area contributed by atoms with Crippen LogP contribution in [0.4, 0.5) is 0 Å². The first-order valence-corrected chi connectivity index (χ1v) is 7.19. The van der Waals surface area contributed by atoms with Crippen LogP contribution in [-0.2, 0) is 6.42 Å². The summed E-state index contributed by atoms with van der Waals surface area (Å²) in [5.41, 5.74) is 2.25. The molecule has 4 heteroatoms. The van der Waals surface area contributed by atoms with Gasteiger partial charge in [-0.15, -0.1) is 0 Å². The highest BCUT2D eigenvalue weighted by Crippen LogP contribution is 2.12. The lowest BCUT2D eigenvalue weighted by Gasteiger charge is -2.09. The molecular formula is C17H19NO2S. The largest absolute Gasteiger partial charge is 0.497 e. The Hall–Kier alpha value is -2.07. The molecule has 0 aliphatic heterocycles. The highest BCUT2D eigenvalue weighted by molar-refractivity contribution is 7.80. The van der Waals surface area contributed by atoms with Gasteiger partial charge in [-0.25, -0.2) is 0 Å². The minimum atomic E-state index is 0.756. The van der Waals surface area contributed by atoms with E-state index in [1.165, 1.54) is 5.56 Å². The standard InChI is InChI=1S/C17H19NO2S/c1-19-15-7-3-13(4-8-15)11-12-18-17(21)14-5-9-16(20-2)10-6-14/h3-10H,11-12H2,1-2H3,(H,18,21). The van der Waals surface area contributed by atoms with Crippen molar-refractivity contribution in [1.29, 1.82) is 0 Å². The van der Waals surface area contributed by atoms with Gasteiger partial charge in [0, 0.05) is 12.1 Å². The van der Waals surface area contributed by atoms with E-state index in [-0.39, 0.29) is 0 Å². The number of ether oxygens (including phenoxy) is 2. The van der Waals surface area contributed by atoms with Crippen molar-refractivity contribution in [3.8, 4) is 11.5 Å². The van der Waals surface area contributed by atoms with E-state index in [0.29, 0.717) is 0 Å². The average molecular weight is 301 g/mol. The predicted octanol–water partition coefficient (Wildman–Crippen LogP) is 3.21. The van der Waals surface area contributed by atoms with Crippen molar-refractivity contribution >= 4 is 17.2 Å². The summed E-state index contributed by atoms with van der Waals surface area (Å²) < 4.78 is 10.3. The third-order valence-electron chi connectivity index (χ3n) is 3.21. The van der Waals surface area contributed by atoms with Crippen LogP contribution in [0.5, 0.6) is 11.5 Å². The van der Waals surface area contributed by atoms with Crippen molar-refractivity contribution in [3.05, 3.63) is 59.7 Å². The molecule has 2 aromatic carbocycles. The second kappa shape index (κ2) is 7.64. The summed E-state index contributed by atoms with van der Waals surface area (Å²) in [4.78, 5) is 0.756. The summed E-state index contributed by atoms with van der Waals surface area (Å²) in [6, 6.07) is 15.8. The maximum atomic E-state index is 5.38. The van der Waals surface area contributed by atoms with E-state index in [1.807, 2.05) is 36.4 Å². The van der Waals surface area contributed by atoms with Crippen LogP contribution in [0.15, 0.2) is 48.5 Å². The molecule has 1 N–H and O–H groups in total. The second-order valence-corrected chi connectivity index (χ2v) is 4.99. The molecule has 2 aromatic rings. The molecule has 0 amide bonds. The van der Waals surface area contributed by atoms with E-state index in [1.54, 1.807) is 14.2 Å². The fourth-order valence-corrected chi connectivity index (χ4v) is 2.20. The quantitative estimate of drug-likeness (QED) is 0.830. The molecule has 0 saturated carbocycles. The Morgan fingerprint density at radius 1 is 0.905 bits per heavy atom.